The molecule has 0 bridgehead atoms. The summed E-state index contributed by atoms with van der Waals surface area (Å²) in [4.78, 5) is 4.38. The van der Waals surface area contributed by atoms with Crippen LogP contribution >= 0.6 is 0 Å². The summed E-state index contributed by atoms with van der Waals surface area (Å²) >= 11 is 0. The van der Waals surface area contributed by atoms with Gasteiger partial charge < -0.3 is 18.1 Å². The molecule has 5 heteroatoms. The topological polar surface area (TPSA) is 40.8 Å². The molecule has 0 spiro atoms. The maximum atomic E-state index is 6.14. The van der Waals surface area contributed by atoms with Gasteiger partial charge in [-0.3, -0.25) is 4.98 Å². The highest BCUT2D eigenvalue weighted by Gasteiger charge is 2.19. The van der Waals surface area contributed by atoms with Gasteiger partial charge in [-0.1, -0.05) is 72.8 Å². The fraction of sp³-hybridized carbons (Fsp3) is 0. The summed E-state index contributed by atoms with van der Waals surface area (Å²) < 4.78 is 13.3. The number of hydrogen-bond acceptors (Lipinski definition) is 2. The molecule has 0 aliphatic heterocycles. The van der Waals surface area contributed by atoms with Crippen molar-refractivity contribution in [3.8, 4) is 17.1 Å². The Balaban J connectivity index is 1.08. The molecule has 0 radical (unpaired) electrons. The van der Waals surface area contributed by atoms with Crippen LogP contribution in [-0.4, -0.2) is 18.7 Å². The lowest BCUT2D eigenvalue weighted by Crippen LogP contribution is -1.96. The van der Waals surface area contributed by atoms with Gasteiger partial charge in [-0.15, -0.1) is 0 Å². The summed E-state index contributed by atoms with van der Waals surface area (Å²) in [5.74, 6) is 0. The molecule has 0 atom stereocenters. The highest BCUT2D eigenvalue weighted by Crippen LogP contribution is 2.40. The Labute approximate surface area is 296 Å². The van der Waals surface area contributed by atoms with Gasteiger partial charge in [0.1, 0.15) is 11.2 Å². The molecule has 7 aromatic carbocycles. The number of fused-ring (bicyclic) bond motifs is 12. The highest BCUT2D eigenvalue weighted by atomic mass is 16.3. The van der Waals surface area contributed by atoms with Crippen molar-refractivity contribution in [3.63, 3.8) is 0 Å². The second kappa shape index (κ2) is 10.2. The van der Waals surface area contributed by atoms with E-state index < -0.39 is 0 Å². The molecule has 0 aliphatic carbocycles. The molecule has 0 unspecified atom stereocenters. The summed E-state index contributed by atoms with van der Waals surface area (Å²) in [6.07, 6.45) is 3.67. The van der Waals surface area contributed by atoms with Gasteiger partial charge in [0.2, 0.25) is 0 Å². The first-order valence-corrected chi connectivity index (χ1v) is 17.6. The maximum Gasteiger partial charge on any atom is 0.138 e. The number of rotatable bonds is 3. The maximum absolute atomic E-state index is 6.14. The molecule has 242 valence electrons. The molecular formula is C47H28N4O. The van der Waals surface area contributed by atoms with E-state index in [0.29, 0.717) is 0 Å². The summed E-state index contributed by atoms with van der Waals surface area (Å²) in [6.45, 7) is 0. The Morgan fingerprint density at radius 1 is 0.327 bits per heavy atom. The smallest absolute Gasteiger partial charge is 0.138 e. The van der Waals surface area contributed by atoms with E-state index in [1.54, 1.807) is 6.20 Å². The summed E-state index contributed by atoms with van der Waals surface area (Å²) in [5.41, 5.74) is 12.2. The Kier molecular flexibility index (Phi) is 5.44. The van der Waals surface area contributed by atoms with E-state index >= 15 is 0 Å². The quantitative estimate of drug-likeness (QED) is 0.189. The van der Waals surface area contributed by atoms with Crippen LogP contribution in [0, 0.1) is 0 Å². The third-order valence-electron chi connectivity index (χ3n) is 10.9. The molecular weight excluding hydrogens is 637 g/mol. The number of hydrogen-bond donors (Lipinski definition) is 0. The monoisotopic (exact) mass is 664 g/mol. The van der Waals surface area contributed by atoms with Crippen molar-refractivity contribution < 1.29 is 4.42 Å². The van der Waals surface area contributed by atoms with Crippen LogP contribution in [0.4, 0.5) is 0 Å². The van der Waals surface area contributed by atoms with E-state index in [0.717, 1.165) is 50.0 Å². The van der Waals surface area contributed by atoms with Crippen LogP contribution in [0.1, 0.15) is 0 Å². The standard InChI is InChI=1S/C47H28N4O/c1-5-13-40-32(9-1)33-10-2-6-14-41(33)49(40)29-17-20-44-36(25-29)34-11-3-7-15-42(34)50(44)30-18-21-45-37(26-30)35-12-4-8-16-43(35)51(45)31-19-22-46-38(27-31)39-28-48-24-23-47(39)52-46/h1-28H. The van der Waals surface area contributed by atoms with Crippen molar-refractivity contribution in [1.82, 2.24) is 18.7 Å². The molecule has 0 amide bonds. The molecule has 5 nitrogen and oxygen atoms in total. The van der Waals surface area contributed by atoms with Crippen molar-refractivity contribution in [2.24, 2.45) is 0 Å². The Hall–Kier alpha value is -7.11. The molecule has 5 aromatic heterocycles. The lowest BCUT2D eigenvalue weighted by Gasteiger charge is -2.11. The molecule has 52 heavy (non-hydrogen) atoms. The van der Waals surface area contributed by atoms with Crippen LogP contribution in [0.2, 0.25) is 0 Å². The van der Waals surface area contributed by atoms with Crippen molar-refractivity contribution in [3.05, 3.63) is 170 Å². The fourth-order valence-corrected chi connectivity index (χ4v) is 8.70. The largest absolute Gasteiger partial charge is 0.456 e. The minimum atomic E-state index is 0.849. The molecule has 0 aliphatic rings. The molecule has 0 saturated heterocycles. The van der Waals surface area contributed by atoms with Gasteiger partial charge in [-0.2, -0.15) is 0 Å². The van der Waals surface area contributed by atoms with Crippen molar-refractivity contribution in [2.45, 2.75) is 0 Å². The summed E-state index contributed by atoms with van der Waals surface area (Å²) in [7, 11) is 0. The predicted octanol–water partition coefficient (Wildman–Crippen LogP) is 12.3. The number of nitrogens with zero attached hydrogens (tertiary/aromatic N) is 4. The van der Waals surface area contributed by atoms with Gasteiger partial charge in [0.05, 0.1) is 33.1 Å². The van der Waals surface area contributed by atoms with Crippen molar-refractivity contribution in [1.29, 1.82) is 0 Å². The van der Waals surface area contributed by atoms with Crippen LogP contribution < -0.4 is 0 Å². The Bertz CT molecular complexity index is 3370. The first-order chi connectivity index (χ1) is 25.8. The van der Waals surface area contributed by atoms with Gasteiger partial charge >= 0.3 is 0 Å². The van der Waals surface area contributed by atoms with E-state index in [1.807, 2.05) is 12.3 Å². The average Bonchev–Trinajstić information content (AvgIpc) is 3.93. The van der Waals surface area contributed by atoms with Gasteiger partial charge in [0.25, 0.3) is 0 Å². The lowest BCUT2D eigenvalue weighted by atomic mass is 10.1. The highest BCUT2D eigenvalue weighted by molar-refractivity contribution is 6.14. The molecule has 0 fully saturated rings. The average molecular weight is 665 g/mol. The third kappa shape index (κ3) is 3.69. The molecule has 0 saturated carbocycles. The van der Waals surface area contributed by atoms with E-state index in [9.17, 15) is 0 Å². The Morgan fingerprint density at radius 3 is 1.21 bits per heavy atom. The fourth-order valence-electron chi connectivity index (χ4n) is 8.70. The third-order valence-corrected chi connectivity index (χ3v) is 10.9. The van der Waals surface area contributed by atoms with Gasteiger partial charge in [-0.25, -0.2) is 0 Å². The SMILES string of the molecule is c1ccc2c(c1)c1ccccc1n2-c1ccc2c(c1)c1ccccc1n2-c1ccc2c(c1)c1ccccc1n2-c1ccc2oc3ccncc3c2c1. The van der Waals surface area contributed by atoms with Crippen LogP contribution in [-0.2, 0) is 0 Å². The first kappa shape index (κ1) is 27.7. The summed E-state index contributed by atoms with van der Waals surface area (Å²) in [5, 5.41) is 9.51. The number of aromatic nitrogens is 4. The second-order valence-corrected chi connectivity index (χ2v) is 13.6. The van der Waals surface area contributed by atoms with Crippen LogP contribution in [0.3, 0.4) is 0 Å². The zero-order valence-corrected chi connectivity index (χ0v) is 27.9. The van der Waals surface area contributed by atoms with Crippen molar-refractivity contribution in [2.75, 3.05) is 0 Å². The van der Waals surface area contributed by atoms with Crippen LogP contribution in [0.5, 0.6) is 0 Å². The lowest BCUT2D eigenvalue weighted by molar-refractivity contribution is 0.668. The Morgan fingerprint density at radius 2 is 0.712 bits per heavy atom. The molecule has 0 N–H and O–H groups in total. The molecule has 12 rings (SSSR count). The number of pyridine rings is 1. The van der Waals surface area contributed by atoms with E-state index in [1.165, 1.54) is 54.4 Å². The van der Waals surface area contributed by atoms with E-state index in [2.05, 4.69) is 170 Å². The molecule has 12 aromatic rings. The minimum Gasteiger partial charge on any atom is -0.456 e. The van der Waals surface area contributed by atoms with Gasteiger partial charge in [-0.05, 0) is 84.9 Å². The van der Waals surface area contributed by atoms with E-state index in [4.69, 9.17) is 4.42 Å². The molecule has 5 heterocycles. The van der Waals surface area contributed by atoms with Gasteiger partial charge in [0.15, 0.2) is 0 Å². The number of para-hydroxylation sites is 4. The normalized spacial score (nSPS) is 12.2. The number of benzene rings is 7. The zero-order valence-electron chi connectivity index (χ0n) is 27.9. The summed E-state index contributed by atoms with van der Waals surface area (Å²) in [6, 6.07) is 57.1. The number of furan rings is 1. The van der Waals surface area contributed by atoms with Crippen LogP contribution in [0.15, 0.2) is 175 Å². The predicted molar refractivity (Wildman–Crippen MR) is 215 cm³/mol. The zero-order chi connectivity index (χ0) is 33.9. The van der Waals surface area contributed by atoms with Crippen molar-refractivity contribution >= 4 is 87.4 Å². The van der Waals surface area contributed by atoms with E-state index in [-0.39, 0.29) is 0 Å². The van der Waals surface area contributed by atoms with Crippen LogP contribution in [0.25, 0.3) is 104 Å². The first-order valence-electron chi connectivity index (χ1n) is 17.6. The van der Waals surface area contributed by atoms with Gasteiger partial charge in [0, 0.05) is 72.5 Å². The second-order valence-electron chi connectivity index (χ2n) is 13.6. The minimum absolute atomic E-state index is 0.849.